The Labute approximate surface area is 113 Å². The van der Waals surface area contributed by atoms with Crippen molar-refractivity contribution in [3.63, 3.8) is 0 Å². The quantitative estimate of drug-likeness (QED) is 0.854. The molecule has 17 heavy (non-hydrogen) atoms. The third-order valence-electron chi connectivity index (χ3n) is 3.45. The monoisotopic (exact) mass is 268 g/mol. The van der Waals surface area contributed by atoms with Crippen LogP contribution in [-0.2, 0) is 0 Å². The molecule has 0 amide bonds. The SMILES string of the molecule is CCC1CCN(c2ccc(C(N)=S)c(Cl)c2)C1. The molecule has 1 unspecified atom stereocenters. The zero-order valence-electron chi connectivity index (χ0n) is 9.95. The van der Waals surface area contributed by atoms with Crippen molar-refractivity contribution in [1.82, 2.24) is 0 Å². The molecule has 1 atom stereocenters. The van der Waals surface area contributed by atoms with Crippen LogP contribution < -0.4 is 10.6 Å². The van der Waals surface area contributed by atoms with Gasteiger partial charge in [0.1, 0.15) is 4.99 Å². The molecule has 1 heterocycles. The highest BCUT2D eigenvalue weighted by atomic mass is 35.5. The minimum absolute atomic E-state index is 0.356. The van der Waals surface area contributed by atoms with Gasteiger partial charge in [-0.3, -0.25) is 0 Å². The van der Waals surface area contributed by atoms with E-state index in [1.54, 1.807) is 0 Å². The zero-order valence-corrected chi connectivity index (χ0v) is 11.5. The molecule has 0 spiro atoms. The Morgan fingerprint density at radius 2 is 2.35 bits per heavy atom. The molecule has 0 aliphatic carbocycles. The van der Waals surface area contributed by atoms with E-state index in [9.17, 15) is 0 Å². The molecule has 1 aromatic carbocycles. The maximum atomic E-state index is 6.18. The van der Waals surface area contributed by atoms with Gasteiger partial charge in [0.2, 0.25) is 0 Å². The van der Waals surface area contributed by atoms with E-state index in [2.05, 4.69) is 17.9 Å². The molecule has 0 radical (unpaired) electrons. The third-order valence-corrected chi connectivity index (χ3v) is 3.98. The number of thiocarbonyl (C=S) groups is 1. The lowest BCUT2D eigenvalue weighted by Gasteiger charge is -2.19. The first-order chi connectivity index (χ1) is 8.11. The molecule has 0 aromatic heterocycles. The topological polar surface area (TPSA) is 29.3 Å². The van der Waals surface area contributed by atoms with Crippen LogP contribution in [-0.4, -0.2) is 18.1 Å². The second-order valence-electron chi connectivity index (χ2n) is 4.54. The van der Waals surface area contributed by atoms with Crippen molar-refractivity contribution < 1.29 is 0 Å². The van der Waals surface area contributed by atoms with Gasteiger partial charge in [0.15, 0.2) is 0 Å². The van der Waals surface area contributed by atoms with E-state index >= 15 is 0 Å². The maximum absolute atomic E-state index is 6.18. The number of benzene rings is 1. The van der Waals surface area contributed by atoms with E-state index in [1.165, 1.54) is 18.5 Å². The molecule has 2 N–H and O–H groups in total. The van der Waals surface area contributed by atoms with E-state index in [4.69, 9.17) is 29.6 Å². The second kappa shape index (κ2) is 5.23. The highest BCUT2D eigenvalue weighted by Gasteiger charge is 2.21. The summed E-state index contributed by atoms with van der Waals surface area (Å²) in [6.07, 6.45) is 2.51. The van der Waals surface area contributed by atoms with Crippen LogP contribution in [0.1, 0.15) is 25.3 Å². The largest absolute Gasteiger partial charge is 0.389 e. The fourth-order valence-electron chi connectivity index (χ4n) is 2.30. The van der Waals surface area contributed by atoms with Gasteiger partial charge in [-0.25, -0.2) is 0 Å². The molecule has 1 aromatic rings. The Balaban J connectivity index is 2.18. The van der Waals surface area contributed by atoms with Crippen LogP contribution in [0.15, 0.2) is 18.2 Å². The van der Waals surface area contributed by atoms with Crippen molar-refractivity contribution >= 4 is 34.5 Å². The fraction of sp³-hybridized carbons (Fsp3) is 0.462. The number of anilines is 1. The van der Waals surface area contributed by atoms with Crippen LogP contribution in [0.3, 0.4) is 0 Å². The Morgan fingerprint density at radius 3 is 2.88 bits per heavy atom. The average molecular weight is 269 g/mol. The highest BCUT2D eigenvalue weighted by Crippen LogP contribution is 2.29. The standard InChI is InChI=1S/C13H17ClN2S/c1-2-9-5-6-16(8-9)10-3-4-11(13(15)17)12(14)7-10/h3-4,7,9H,2,5-6,8H2,1H3,(H2,15,17). The number of halogens is 1. The third kappa shape index (κ3) is 2.72. The van der Waals surface area contributed by atoms with Crippen LogP contribution >= 0.6 is 23.8 Å². The van der Waals surface area contributed by atoms with Gasteiger partial charge in [0.05, 0.1) is 5.02 Å². The Kier molecular flexibility index (Phi) is 3.89. The van der Waals surface area contributed by atoms with Crippen LogP contribution in [0.4, 0.5) is 5.69 Å². The van der Waals surface area contributed by atoms with Gasteiger partial charge in [-0.15, -0.1) is 0 Å². The molecule has 92 valence electrons. The van der Waals surface area contributed by atoms with Crippen molar-refractivity contribution in [3.05, 3.63) is 28.8 Å². The van der Waals surface area contributed by atoms with E-state index in [0.29, 0.717) is 10.0 Å². The molecule has 4 heteroatoms. The van der Waals surface area contributed by atoms with Crippen LogP contribution in [0.5, 0.6) is 0 Å². The summed E-state index contributed by atoms with van der Waals surface area (Å²) < 4.78 is 0. The lowest BCUT2D eigenvalue weighted by Crippen LogP contribution is -2.20. The van der Waals surface area contributed by atoms with Gasteiger partial charge < -0.3 is 10.6 Å². The molecule has 1 saturated heterocycles. The normalized spacial score (nSPS) is 19.6. The lowest BCUT2D eigenvalue weighted by atomic mass is 10.1. The van der Waals surface area contributed by atoms with E-state index < -0.39 is 0 Å². The van der Waals surface area contributed by atoms with Crippen LogP contribution in [0.2, 0.25) is 5.02 Å². The van der Waals surface area contributed by atoms with E-state index in [-0.39, 0.29) is 0 Å². The predicted octanol–water partition coefficient (Wildman–Crippen LogP) is 3.21. The van der Waals surface area contributed by atoms with Gasteiger partial charge >= 0.3 is 0 Å². The van der Waals surface area contributed by atoms with Crippen molar-refractivity contribution in [1.29, 1.82) is 0 Å². The number of rotatable bonds is 3. The molecule has 0 saturated carbocycles. The van der Waals surface area contributed by atoms with Crippen molar-refractivity contribution in [2.45, 2.75) is 19.8 Å². The minimum Gasteiger partial charge on any atom is -0.389 e. The molecule has 2 rings (SSSR count). The molecular weight excluding hydrogens is 252 g/mol. The zero-order chi connectivity index (χ0) is 12.4. The Morgan fingerprint density at radius 1 is 1.59 bits per heavy atom. The Hall–Kier alpha value is -0.800. The molecule has 1 fully saturated rings. The molecular formula is C13H17ClN2S. The molecule has 2 nitrogen and oxygen atoms in total. The minimum atomic E-state index is 0.356. The molecule has 0 bridgehead atoms. The summed E-state index contributed by atoms with van der Waals surface area (Å²) in [5.41, 5.74) is 7.53. The first kappa shape index (κ1) is 12.7. The molecule has 1 aliphatic rings. The number of nitrogens with two attached hydrogens (primary N) is 1. The van der Waals surface area contributed by atoms with Crippen LogP contribution in [0, 0.1) is 5.92 Å². The highest BCUT2D eigenvalue weighted by molar-refractivity contribution is 7.80. The summed E-state index contributed by atoms with van der Waals surface area (Å²) in [5.74, 6) is 0.809. The number of hydrogen-bond acceptors (Lipinski definition) is 2. The summed E-state index contributed by atoms with van der Waals surface area (Å²) in [6.45, 7) is 4.48. The summed E-state index contributed by atoms with van der Waals surface area (Å²) in [7, 11) is 0. The first-order valence-electron chi connectivity index (χ1n) is 5.96. The number of hydrogen-bond donors (Lipinski definition) is 1. The van der Waals surface area contributed by atoms with Gasteiger partial charge in [-0.05, 0) is 30.5 Å². The Bertz CT molecular complexity index is 433. The smallest absolute Gasteiger partial charge is 0.105 e. The van der Waals surface area contributed by atoms with Gasteiger partial charge in [0, 0.05) is 24.3 Å². The maximum Gasteiger partial charge on any atom is 0.105 e. The average Bonchev–Trinajstić information content (AvgIpc) is 2.76. The van der Waals surface area contributed by atoms with E-state index in [0.717, 1.165) is 24.6 Å². The summed E-state index contributed by atoms with van der Waals surface area (Å²) in [6, 6.07) is 5.94. The molecule has 1 aliphatic heterocycles. The number of nitrogens with zero attached hydrogens (tertiary/aromatic N) is 1. The van der Waals surface area contributed by atoms with Gasteiger partial charge in [0.25, 0.3) is 0 Å². The summed E-state index contributed by atoms with van der Waals surface area (Å²) in [5, 5.41) is 0.648. The summed E-state index contributed by atoms with van der Waals surface area (Å²) >= 11 is 11.1. The van der Waals surface area contributed by atoms with Crippen LogP contribution in [0.25, 0.3) is 0 Å². The first-order valence-corrected chi connectivity index (χ1v) is 6.74. The van der Waals surface area contributed by atoms with Crippen molar-refractivity contribution in [2.24, 2.45) is 11.7 Å². The fourth-order valence-corrected chi connectivity index (χ4v) is 2.81. The predicted molar refractivity (Wildman–Crippen MR) is 78.0 cm³/mol. The van der Waals surface area contributed by atoms with Crippen molar-refractivity contribution in [3.8, 4) is 0 Å². The second-order valence-corrected chi connectivity index (χ2v) is 5.38. The summed E-state index contributed by atoms with van der Waals surface area (Å²) in [4.78, 5) is 2.73. The lowest BCUT2D eigenvalue weighted by molar-refractivity contribution is 0.569. The van der Waals surface area contributed by atoms with E-state index in [1.807, 2.05) is 12.1 Å². The van der Waals surface area contributed by atoms with Gasteiger partial charge in [-0.1, -0.05) is 37.2 Å². The van der Waals surface area contributed by atoms with Crippen molar-refractivity contribution in [2.75, 3.05) is 18.0 Å². The van der Waals surface area contributed by atoms with Gasteiger partial charge in [-0.2, -0.15) is 0 Å².